The minimum absolute atomic E-state index is 0.0315. The predicted octanol–water partition coefficient (Wildman–Crippen LogP) is 2.69. The van der Waals surface area contributed by atoms with Gasteiger partial charge in [0.15, 0.2) is 0 Å². The molecule has 88 valence electrons. The molecule has 0 aromatic heterocycles. The van der Waals surface area contributed by atoms with Gasteiger partial charge in [0.05, 0.1) is 24.7 Å². The van der Waals surface area contributed by atoms with Gasteiger partial charge in [-0.2, -0.15) is 5.26 Å². The third-order valence-electron chi connectivity index (χ3n) is 2.02. The first-order chi connectivity index (χ1) is 8.17. The van der Waals surface area contributed by atoms with Gasteiger partial charge in [-0.1, -0.05) is 12.1 Å². The Balaban J connectivity index is 2.94. The molecule has 0 spiro atoms. The van der Waals surface area contributed by atoms with E-state index in [9.17, 15) is 9.18 Å². The van der Waals surface area contributed by atoms with Gasteiger partial charge in [0.25, 0.3) is 0 Å². The second-order valence-electron chi connectivity index (χ2n) is 3.28. The number of hydrogen-bond donors (Lipinski definition) is 0. The summed E-state index contributed by atoms with van der Waals surface area (Å²) < 4.78 is 17.5. The zero-order valence-electron chi connectivity index (χ0n) is 9.44. The van der Waals surface area contributed by atoms with Gasteiger partial charge in [-0.3, -0.25) is 0 Å². The molecule has 0 saturated heterocycles. The van der Waals surface area contributed by atoms with Crippen LogP contribution in [-0.4, -0.2) is 12.6 Å². The minimum Gasteiger partial charge on any atom is -0.463 e. The van der Waals surface area contributed by atoms with Crippen molar-refractivity contribution in [3.05, 3.63) is 41.2 Å². The molecule has 0 heterocycles. The maximum absolute atomic E-state index is 12.7. The molecule has 0 unspecified atom stereocenters. The number of benzene rings is 1. The molecular weight excluding hydrogens is 221 g/mol. The molecule has 0 N–H and O–H groups in total. The Morgan fingerprint density at radius 3 is 2.65 bits per heavy atom. The molecule has 3 nitrogen and oxygen atoms in total. The molecule has 0 saturated carbocycles. The Morgan fingerprint density at radius 1 is 1.47 bits per heavy atom. The second-order valence-corrected chi connectivity index (χ2v) is 3.28. The van der Waals surface area contributed by atoms with Crippen LogP contribution >= 0.6 is 0 Å². The van der Waals surface area contributed by atoms with Crippen LogP contribution in [0, 0.1) is 17.1 Å². The fourth-order valence-electron chi connectivity index (χ4n) is 1.25. The second kappa shape index (κ2) is 6.44. The van der Waals surface area contributed by atoms with E-state index in [1.54, 1.807) is 6.92 Å². The van der Waals surface area contributed by atoms with Crippen molar-refractivity contribution in [2.75, 3.05) is 6.61 Å². The summed E-state index contributed by atoms with van der Waals surface area (Å²) >= 11 is 0. The molecule has 17 heavy (non-hydrogen) atoms. The molecule has 1 aromatic rings. The fraction of sp³-hybridized carbons (Fsp3) is 0.231. The van der Waals surface area contributed by atoms with Crippen LogP contribution in [0.4, 0.5) is 4.39 Å². The molecule has 1 aromatic carbocycles. The number of ether oxygens (including phenoxy) is 1. The van der Waals surface area contributed by atoms with Crippen LogP contribution < -0.4 is 0 Å². The maximum Gasteiger partial charge on any atom is 0.335 e. The highest BCUT2D eigenvalue weighted by atomic mass is 19.1. The van der Waals surface area contributed by atoms with E-state index >= 15 is 0 Å². The van der Waals surface area contributed by atoms with E-state index in [1.165, 1.54) is 30.3 Å². The van der Waals surface area contributed by atoms with Crippen molar-refractivity contribution in [1.82, 2.24) is 0 Å². The Morgan fingerprint density at radius 2 is 2.12 bits per heavy atom. The molecule has 0 aliphatic rings. The number of nitrogens with zero attached hydrogens (tertiary/aromatic N) is 1. The third-order valence-corrected chi connectivity index (χ3v) is 2.02. The van der Waals surface area contributed by atoms with E-state index in [2.05, 4.69) is 0 Å². The van der Waals surface area contributed by atoms with Crippen LogP contribution in [0.3, 0.4) is 0 Å². The Hall–Kier alpha value is -2.15. The summed E-state index contributed by atoms with van der Waals surface area (Å²) in [4.78, 5) is 11.5. The fourth-order valence-corrected chi connectivity index (χ4v) is 1.25. The van der Waals surface area contributed by atoms with E-state index < -0.39 is 5.97 Å². The average molecular weight is 233 g/mol. The number of carbonyl (C=O) groups excluding carboxylic acids is 1. The normalized spacial score (nSPS) is 10.8. The third kappa shape index (κ3) is 4.07. The summed E-state index contributed by atoms with van der Waals surface area (Å²) in [6.07, 6.45) is 1.50. The van der Waals surface area contributed by atoms with E-state index in [1.807, 2.05) is 6.07 Å². The van der Waals surface area contributed by atoms with Gasteiger partial charge >= 0.3 is 5.97 Å². The van der Waals surface area contributed by atoms with Crippen LogP contribution in [0.1, 0.15) is 18.9 Å². The van der Waals surface area contributed by atoms with E-state index in [-0.39, 0.29) is 24.4 Å². The monoisotopic (exact) mass is 233 g/mol. The summed E-state index contributed by atoms with van der Waals surface area (Å²) in [5, 5.41) is 8.62. The molecule has 0 amide bonds. The molecule has 0 aliphatic carbocycles. The van der Waals surface area contributed by atoms with Crippen molar-refractivity contribution in [2.45, 2.75) is 13.3 Å². The van der Waals surface area contributed by atoms with Crippen molar-refractivity contribution < 1.29 is 13.9 Å². The number of rotatable bonds is 4. The molecule has 1 rings (SSSR count). The van der Waals surface area contributed by atoms with Gasteiger partial charge in [-0.15, -0.1) is 0 Å². The number of hydrogen-bond acceptors (Lipinski definition) is 3. The van der Waals surface area contributed by atoms with Crippen molar-refractivity contribution >= 4 is 12.0 Å². The summed E-state index contributed by atoms with van der Waals surface area (Å²) in [5.74, 6) is -0.863. The molecule has 4 heteroatoms. The highest BCUT2D eigenvalue weighted by molar-refractivity contribution is 5.94. The lowest BCUT2D eigenvalue weighted by Gasteiger charge is -2.03. The van der Waals surface area contributed by atoms with Crippen LogP contribution in [0.5, 0.6) is 0 Å². The van der Waals surface area contributed by atoms with Crippen molar-refractivity contribution in [3.63, 3.8) is 0 Å². The van der Waals surface area contributed by atoms with Gasteiger partial charge in [0.1, 0.15) is 5.82 Å². The average Bonchev–Trinajstić information content (AvgIpc) is 2.31. The Labute approximate surface area is 99.1 Å². The molecular formula is C13H12FNO2. The Bertz CT molecular complexity index is 457. The van der Waals surface area contributed by atoms with Crippen LogP contribution in [0.15, 0.2) is 29.8 Å². The highest BCUT2D eigenvalue weighted by Gasteiger charge is 2.09. The first-order valence-electron chi connectivity index (χ1n) is 5.17. The summed E-state index contributed by atoms with van der Waals surface area (Å²) in [5.41, 5.74) is 0.922. The van der Waals surface area contributed by atoms with Crippen LogP contribution in [0.2, 0.25) is 0 Å². The molecule has 0 fully saturated rings. The maximum atomic E-state index is 12.7. The van der Waals surface area contributed by atoms with Gasteiger partial charge < -0.3 is 4.74 Å². The number of carbonyl (C=O) groups is 1. The molecule has 0 atom stereocenters. The SMILES string of the molecule is CCOC(=O)C(=Cc1ccc(F)cc1)CC#N. The summed E-state index contributed by atoms with van der Waals surface area (Å²) in [6, 6.07) is 7.55. The van der Waals surface area contributed by atoms with Crippen LogP contribution in [-0.2, 0) is 9.53 Å². The van der Waals surface area contributed by atoms with Crippen molar-refractivity contribution in [1.29, 1.82) is 5.26 Å². The lowest BCUT2D eigenvalue weighted by atomic mass is 10.1. The zero-order valence-corrected chi connectivity index (χ0v) is 9.44. The Kier molecular flexibility index (Phi) is 4.89. The number of nitriles is 1. The van der Waals surface area contributed by atoms with E-state index in [0.29, 0.717) is 5.56 Å². The van der Waals surface area contributed by atoms with E-state index in [4.69, 9.17) is 10.00 Å². The number of esters is 1. The summed E-state index contributed by atoms with van der Waals surface area (Å²) in [7, 11) is 0. The van der Waals surface area contributed by atoms with E-state index in [0.717, 1.165) is 0 Å². The molecule has 0 bridgehead atoms. The van der Waals surface area contributed by atoms with Crippen LogP contribution in [0.25, 0.3) is 6.08 Å². The van der Waals surface area contributed by atoms with Gasteiger partial charge in [-0.05, 0) is 30.7 Å². The molecule has 0 aliphatic heterocycles. The molecule has 0 radical (unpaired) electrons. The first kappa shape index (κ1) is 12.9. The summed E-state index contributed by atoms with van der Waals surface area (Å²) in [6.45, 7) is 1.95. The minimum atomic E-state index is -0.515. The largest absolute Gasteiger partial charge is 0.463 e. The topological polar surface area (TPSA) is 50.1 Å². The van der Waals surface area contributed by atoms with Gasteiger partial charge in [0, 0.05) is 0 Å². The highest BCUT2D eigenvalue weighted by Crippen LogP contribution is 2.12. The lowest BCUT2D eigenvalue weighted by Crippen LogP contribution is -2.07. The standard InChI is InChI=1S/C13H12FNO2/c1-2-17-13(16)11(7-8-15)9-10-3-5-12(14)6-4-10/h3-6,9H,2,7H2,1H3. The first-order valence-corrected chi connectivity index (χ1v) is 5.17. The zero-order chi connectivity index (χ0) is 12.7. The quantitative estimate of drug-likeness (QED) is 0.593. The van der Waals surface area contributed by atoms with Gasteiger partial charge in [-0.25, -0.2) is 9.18 Å². The van der Waals surface area contributed by atoms with Crippen molar-refractivity contribution in [3.8, 4) is 6.07 Å². The number of halogens is 1. The lowest BCUT2D eigenvalue weighted by molar-refractivity contribution is -0.138. The van der Waals surface area contributed by atoms with Crippen molar-refractivity contribution in [2.24, 2.45) is 0 Å². The predicted molar refractivity (Wildman–Crippen MR) is 61.2 cm³/mol. The smallest absolute Gasteiger partial charge is 0.335 e. The van der Waals surface area contributed by atoms with Gasteiger partial charge in [0.2, 0.25) is 0 Å².